The highest BCUT2D eigenvalue weighted by Gasteiger charge is 2.46. The van der Waals surface area contributed by atoms with Crippen molar-refractivity contribution in [2.24, 2.45) is 18.2 Å². The van der Waals surface area contributed by atoms with Gasteiger partial charge in [0.25, 0.3) is 5.56 Å². The van der Waals surface area contributed by atoms with Gasteiger partial charge in [-0.25, -0.2) is 4.98 Å². The Balaban J connectivity index is 1.28. The number of piperidine rings is 1. The van der Waals surface area contributed by atoms with Crippen LogP contribution in [0.2, 0.25) is 0 Å². The van der Waals surface area contributed by atoms with Crippen molar-refractivity contribution in [3.8, 4) is 17.6 Å². The third-order valence-corrected chi connectivity index (χ3v) is 7.43. The summed E-state index contributed by atoms with van der Waals surface area (Å²) in [5, 5.41) is 0. The fraction of sp³-hybridized carbons (Fsp3) is 0.357. The number of nitrogens with two attached hydrogens (primary N) is 1. The Morgan fingerprint density at radius 1 is 1.18 bits per heavy atom. The highest BCUT2D eigenvalue weighted by atomic mass is 16.5. The van der Waals surface area contributed by atoms with Gasteiger partial charge in [0.05, 0.1) is 13.3 Å². The lowest BCUT2D eigenvalue weighted by molar-refractivity contribution is 0.186. The van der Waals surface area contributed by atoms with E-state index in [1.165, 1.54) is 11.1 Å². The molecule has 2 aromatic carbocycles. The van der Waals surface area contributed by atoms with Gasteiger partial charge in [-0.1, -0.05) is 48.2 Å². The van der Waals surface area contributed by atoms with Crippen molar-refractivity contribution in [1.82, 2.24) is 9.55 Å². The van der Waals surface area contributed by atoms with Crippen LogP contribution in [0.25, 0.3) is 0 Å². The van der Waals surface area contributed by atoms with Gasteiger partial charge >= 0.3 is 0 Å². The lowest BCUT2D eigenvalue weighted by Gasteiger charge is -2.42. The van der Waals surface area contributed by atoms with E-state index in [9.17, 15) is 4.79 Å². The average Bonchev–Trinajstić information content (AvgIpc) is 3.14. The van der Waals surface area contributed by atoms with Gasteiger partial charge in [0.1, 0.15) is 11.3 Å². The van der Waals surface area contributed by atoms with Crippen molar-refractivity contribution < 1.29 is 4.74 Å². The molecule has 2 heterocycles. The summed E-state index contributed by atoms with van der Waals surface area (Å²) in [5.41, 5.74) is 10.8. The Labute approximate surface area is 200 Å². The molecule has 34 heavy (non-hydrogen) atoms. The summed E-state index contributed by atoms with van der Waals surface area (Å²) in [5.74, 6) is 7.59. The zero-order valence-corrected chi connectivity index (χ0v) is 19.8. The van der Waals surface area contributed by atoms with Gasteiger partial charge < -0.3 is 15.4 Å². The van der Waals surface area contributed by atoms with E-state index in [1.807, 2.05) is 24.3 Å². The highest BCUT2D eigenvalue weighted by molar-refractivity contribution is 5.42. The van der Waals surface area contributed by atoms with Crippen LogP contribution in [-0.4, -0.2) is 29.8 Å². The molecule has 1 spiro atoms. The zero-order valence-electron chi connectivity index (χ0n) is 19.8. The smallest absolute Gasteiger partial charge is 0.270 e. The second-order valence-corrected chi connectivity index (χ2v) is 9.37. The summed E-state index contributed by atoms with van der Waals surface area (Å²) < 4.78 is 6.88. The number of aromatic nitrogens is 2. The monoisotopic (exact) mass is 454 g/mol. The molecule has 1 aliphatic heterocycles. The van der Waals surface area contributed by atoms with Crippen LogP contribution in [0.4, 0.5) is 5.95 Å². The summed E-state index contributed by atoms with van der Waals surface area (Å²) >= 11 is 0. The fourth-order valence-electron chi connectivity index (χ4n) is 5.40. The first-order valence-electron chi connectivity index (χ1n) is 11.8. The minimum atomic E-state index is -0.117. The molecule has 0 amide bonds. The predicted octanol–water partition coefficient (Wildman–Crippen LogP) is 3.23. The molecule has 5 rings (SSSR count). The number of rotatable bonds is 3. The van der Waals surface area contributed by atoms with E-state index >= 15 is 0 Å². The quantitative estimate of drug-likeness (QED) is 0.615. The molecule has 174 valence electrons. The van der Waals surface area contributed by atoms with Crippen LogP contribution >= 0.6 is 0 Å². The third kappa shape index (κ3) is 3.97. The minimum absolute atomic E-state index is 0.0739. The van der Waals surface area contributed by atoms with Crippen LogP contribution in [0.1, 0.15) is 41.1 Å². The van der Waals surface area contributed by atoms with E-state index in [-0.39, 0.29) is 17.0 Å². The largest absolute Gasteiger partial charge is 0.497 e. The van der Waals surface area contributed by atoms with Crippen molar-refractivity contribution in [3.05, 3.63) is 87.3 Å². The number of ether oxygens (including phenoxy) is 1. The van der Waals surface area contributed by atoms with Gasteiger partial charge in [0.15, 0.2) is 0 Å². The molecular weight excluding hydrogens is 424 g/mol. The number of methoxy groups -OCH3 is 1. The summed E-state index contributed by atoms with van der Waals surface area (Å²) in [6.45, 7) is 1.67. The molecule has 0 bridgehead atoms. The molecule has 6 nitrogen and oxygen atoms in total. The van der Waals surface area contributed by atoms with Crippen LogP contribution in [0.5, 0.6) is 5.75 Å². The number of anilines is 1. The minimum Gasteiger partial charge on any atom is -0.497 e. The van der Waals surface area contributed by atoms with Crippen LogP contribution in [-0.2, 0) is 19.9 Å². The number of hydrogen-bond donors (Lipinski definition) is 1. The second kappa shape index (κ2) is 9.00. The molecule has 6 heteroatoms. The molecular formula is C28H30N4O2. The first-order valence-corrected chi connectivity index (χ1v) is 11.8. The van der Waals surface area contributed by atoms with E-state index in [2.05, 4.69) is 46.0 Å². The summed E-state index contributed by atoms with van der Waals surface area (Å²) in [6.07, 6.45) is 5.16. The maximum Gasteiger partial charge on any atom is 0.270 e. The molecule has 1 aliphatic carbocycles. The molecule has 2 N–H and O–H groups in total. The Bertz CT molecular complexity index is 1330. The predicted molar refractivity (Wildman–Crippen MR) is 134 cm³/mol. The van der Waals surface area contributed by atoms with Crippen molar-refractivity contribution in [1.29, 1.82) is 0 Å². The SMILES string of the molecule is COc1cccc(CC#Cc2cnc(N3CCC4(CC3)Cc3ccccc3[C@H]4N)n(C)c2=O)c1. The number of fused-ring (bicyclic) bond motifs is 1. The lowest BCUT2D eigenvalue weighted by Crippen LogP contribution is -2.46. The molecule has 0 radical (unpaired) electrons. The van der Waals surface area contributed by atoms with Crippen molar-refractivity contribution in [2.45, 2.75) is 31.7 Å². The highest BCUT2D eigenvalue weighted by Crippen LogP contribution is 2.50. The van der Waals surface area contributed by atoms with Crippen LogP contribution in [0.15, 0.2) is 59.5 Å². The van der Waals surface area contributed by atoms with Gasteiger partial charge in [-0.15, -0.1) is 0 Å². The van der Waals surface area contributed by atoms with Crippen LogP contribution in [0.3, 0.4) is 0 Å². The third-order valence-electron chi connectivity index (χ3n) is 7.43. The molecule has 0 unspecified atom stereocenters. The van der Waals surface area contributed by atoms with Gasteiger partial charge in [0.2, 0.25) is 5.95 Å². The van der Waals surface area contributed by atoms with E-state index in [0.717, 1.165) is 43.7 Å². The Morgan fingerprint density at radius 3 is 2.74 bits per heavy atom. The van der Waals surface area contributed by atoms with Crippen LogP contribution in [0, 0.1) is 17.3 Å². The first-order chi connectivity index (χ1) is 16.5. The van der Waals surface area contributed by atoms with Gasteiger partial charge in [-0.2, -0.15) is 0 Å². The van der Waals surface area contributed by atoms with Crippen molar-refractivity contribution in [2.75, 3.05) is 25.1 Å². The molecule has 1 saturated heterocycles. The molecule has 1 fully saturated rings. The second-order valence-electron chi connectivity index (χ2n) is 9.37. The Kier molecular flexibility index (Phi) is 5.89. The Hall–Kier alpha value is -3.56. The van der Waals surface area contributed by atoms with Crippen molar-refractivity contribution >= 4 is 5.95 Å². The lowest BCUT2D eigenvalue weighted by atomic mass is 9.73. The zero-order chi connectivity index (χ0) is 23.7. The molecule has 0 saturated carbocycles. The topological polar surface area (TPSA) is 73.4 Å². The van der Waals surface area contributed by atoms with E-state index in [1.54, 1.807) is 24.9 Å². The van der Waals surface area contributed by atoms with Crippen molar-refractivity contribution in [3.63, 3.8) is 0 Å². The average molecular weight is 455 g/mol. The van der Waals surface area contributed by atoms with E-state index < -0.39 is 0 Å². The molecule has 1 atom stereocenters. The molecule has 2 aliphatic rings. The maximum atomic E-state index is 13.0. The number of hydrogen-bond acceptors (Lipinski definition) is 5. The fourth-order valence-corrected chi connectivity index (χ4v) is 5.40. The van der Waals surface area contributed by atoms with E-state index in [0.29, 0.717) is 17.9 Å². The summed E-state index contributed by atoms with van der Waals surface area (Å²) in [7, 11) is 3.42. The molecule has 1 aromatic heterocycles. The standard InChI is InChI=1S/C28H30N4O2/c1-31-26(33)22(10-5-7-20-8-6-11-23(17-20)34-2)19-30-27(31)32-15-13-28(14-16-32)18-21-9-3-4-12-24(21)25(28)29/h3-4,6,8-9,11-12,17,19,25H,7,13-16,18,29H2,1-2H3/t25-/m1/s1. The number of nitrogens with zero attached hydrogens (tertiary/aromatic N) is 3. The summed E-state index contributed by atoms with van der Waals surface area (Å²) in [4.78, 5) is 19.8. The van der Waals surface area contributed by atoms with Gasteiger partial charge in [-0.3, -0.25) is 9.36 Å². The molecule has 3 aromatic rings. The maximum absolute atomic E-state index is 13.0. The van der Waals surface area contributed by atoms with Crippen LogP contribution < -0.4 is 20.9 Å². The number of benzene rings is 2. The summed E-state index contributed by atoms with van der Waals surface area (Å²) in [6, 6.07) is 16.4. The van der Waals surface area contributed by atoms with Gasteiger partial charge in [-0.05, 0) is 53.5 Å². The van der Waals surface area contributed by atoms with Gasteiger partial charge in [0, 0.05) is 32.6 Å². The van der Waals surface area contributed by atoms with E-state index in [4.69, 9.17) is 10.5 Å². The first kappa shape index (κ1) is 22.2. The normalized spacial score (nSPS) is 18.3. The Morgan fingerprint density at radius 2 is 1.97 bits per heavy atom.